The molecule has 0 fully saturated rings. The summed E-state index contributed by atoms with van der Waals surface area (Å²) in [5.41, 5.74) is 4.22. The van der Waals surface area contributed by atoms with Gasteiger partial charge in [0.25, 0.3) is 0 Å². The number of para-hydroxylation sites is 4. The van der Waals surface area contributed by atoms with Crippen LogP contribution in [0.5, 0.6) is 34.5 Å². The van der Waals surface area contributed by atoms with Crippen LogP contribution >= 0.6 is 0 Å². The van der Waals surface area contributed by atoms with E-state index >= 15 is 0 Å². The molecular formula is C28H24N2O3. The normalized spacial score (nSPS) is 13.2. The van der Waals surface area contributed by atoms with Gasteiger partial charge in [0, 0.05) is 25.2 Å². The lowest BCUT2D eigenvalue weighted by Gasteiger charge is -2.32. The van der Waals surface area contributed by atoms with E-state index in [-0.39, 0.29) is 0 Å². The first-order valence-corrected chi connectivity index (χ1v) is 11.3. The predicted octanol–water partition coefficient (Wildman–Crippen LogP) is 8.01. The van der Waals surface area contributed by atoms with Crippen LogP contribution in [0.4, 0.5) is 22.7 Å². The van der Waals surface area contributed by atoms with Crippen molar-refractivity contribution in [3.8, 4) is 34.5 Å². The molecule has 0 saturated carbocycles. The number of fused-ring (bicyclic) bond motifs is 4. The van der Waals surface area contributed by atoms with Crippen molar-refractivity contribution in [1.82, 2.24) is 0 Å². The first kappa shape index (κ1) is 19.6. The van der Waals surface area contributed by atoms with Gasteiger partial charge in [-0.05, 0) is 62.4 Å². The summed E-state index contributed by atoms with van der Waals surface area (Å²) in [4.78, 5) is 4.50. The van der Waals surface area contributed by atoms with Crippen LogP contribution in [0.1, 0.15) is 13.8 Å². The van der Waals surface area contributed by atoms with Crippen molar-refractivity contribution in [2.75, 3.05) is 22.9 Å². The van der Waals surface area contributed by atoms with E-state index in [1.807, 2.05) is 72.8 Å². The summed E-state index contributed by atoms with van der Waals surface area (Å²) in [5, 5.41) is 0. The lowest BCUT2D eigenvalue weighted by atomic mass is 10.1. The summed E-state index contributed by atoms with van der Waals surface area (Å²) in [7, 11) is 0. The lowest BCUT2D eigenvalue weighted by molar-refractivity contribution is 0.446. The third-order valence-electron chi connectivity index (χ3n) is 6.06. The maximum Gasteiger partial charge on any atom is 0.154 e. The number of hydrogen-bond donors (Lipinski definition) is 0. The minimum Gasteiger partial charge on any atom is -0.457 e. The van der Waals surface area contributed by atoms with Crippen LogP contribution in [0.3, 0.4) is 0 Å². The molecule has 6 rings (SSSR count). The quantitative estimate of drug-likeness (QED) is 0.324. The van der Waals surface area contributed by atoms with Gasteiger partial charge in [-0.3, -0.25) is 0 Å². The Balaban J connectivity index is 1.30. The van der Waals surface area contributed by atoms with Gasteiger partial charge in [-0.2, -0.15) is 0 Å². The Bertz CT molecular complexity index is 1250. The van der Waals surface area contributed by atoms with E-state index in [4.69, 9.17) is 14.2 Å². The van der Waals surface area contributed by atoms with E-state index in [2.05, 4.69) is 35.8 Å². The van der Waals surface area contributed by atoms with Gasteiger partial charge in [0.05, 0.1) is 22.7 Å². The summed E-state index contributed by atoms with van der Waals surface area (Å²) < 4.78 is 18.6. The molecular weight excluding hydrogens is 412 g/mol. The van der Waals surface area contributed by atoms with Crippen LogP contribution in [0.2, 0.25) is 0 Å². The first-order chi connectivity index (χ1) is 16.2. The molecule has 0 unspecified atom stereocenters. The molecule has 0 amide bonds. The van der Waals surface area contributed by atoms with Crippen LogP contribution < -0.4 is 24.0 Å². The van der Waals surface area contributed by atoms with E-state index in [0.29, 0.717) is 11.5 Å². The van der Waals surface area contributed by atoms with E-state index in [1.165, 1.54) is 0 Å². The molecule has 0 spiro atoms. The highest BCUT2D eigenvalue weighted by Crippen LogP contribution is 2.49. The summed E-state index contributed by atoms with van der Waals surface area (Å²) in [5.74, 6) is 4.70. The third-order valence-corrected chi connectivity index (χ3v) is 6.06. The predicted molar refractivity (Wildman–Crippen MR) is 131 cm³/mol. The van der Waals surface area contributed by atoms with Crippen LogP contribution in [0, 0.1) is 0 Å². The van der Waals surface area contributed by atoms with Gasteiger partial charge >= 0.3 is 0 Å². The maximum atomic E-state index is 6.23. The molecule has 4 aromatic rings. The minimum absolute atomic E-state index is 0.715. The van der Waals surface area contributed by atoms with Gasteiger partial charge in [0.1, 0.15) is 11.5 Å². The van der Waals surface area contributed by atoms with Gasteiger partial charge in [0.15, 0.2) is 23.0 Å². The SMILES string of the molecule is CCN1c2ccccc2Oc2cc(Oc3ccc4c(c3)Oc3ccccc3N4CC)ccc21. The molecule has 0 radical (unpaired) electrons. The number of ether oxygens (including phenoxy) is 3. The van der Waals surface area contributed by atoms with Crippen LogP contribution in [0.15, 0.2) is 84.9 Å². The molecule has 0 aromatic heterocycles. The Morgan fingerprint density at radius 1 is 0.545 bits per heavy atom. The summed E-state index contributed by atoms with van der Waals surface area (Å²) in [6, 6.07) is 28.1. The zero-order valence-electron chi connectivity index (χ0n) is 18.6. The van der Waals surface area contributed by atoms with Gasteiger partial charge < -0.3 is 24.0 Å². The summed E-state index contributed by atoms with van der Waals surface area (Å²) >= 11 is 0. The van der Waals surface area contributed by atoms with E-state index < -0.39 is 0 Å². The van der Waals surface area contributed by atoms with Crippen molar-refractivity contribution in [2.45, 2.75) is 13.8 Å². The van der Waals surface area contributed by atoms with Crippen molar-refractivity contribution in [3.05, 3.63) is 84.9 Å². The van der Waals surface area contributed by atoms with Crippen molar-refractivity contribution >= 4 is 22.7 Å². The molecule has 0 N–H and O–H groups in total. The average Bonchev–Trinajstić information content (AvgIpc) is 2.85. The number of anilines is 4. The van der Waals surface area contributed by atoms with Crippen molar-refractivity contribution < 1.29 is 14.2 Å². The van der Waals surface area contributed by atoms with Gasteiger partial charge in [0.2, 0.25) is 0 Å². The molecule has 5 heteroatoms. The highest BCUT2D eigenvalue weighted by atomic mass is 16.5. The summed E-state index contributed by atoms with van der Waals surface area (Å²) in [6.45, 7) is 5.98. The molecule has 0 bridgehead atoms. The molecule has 0 saturated heterocycles. The highest BCUT2D eigenvalue weighted by molar-refractivity contribution is 5.80. The zero-order valence-corrected chi connectivity index (χ0v) is 18.6. The van der Waals surface area contributed by atoms with Crippen molar-refractivity contribution in [1.29, 1.82) is 0 Å². The Morgan fingerprint density at radius 3 is 1.42 bits per heavy atom. The molecule has 0 aliphatic carbocycles. The van der Waals surface area contributed by atoms with Gasteiger partial charge in [-0.25, -0.2) is 0 Å². The second-order valence-electron chi connectivity index (χ2n) is 7.99. The van der Waals surface area contributed by atoms with Gasteiger partial charge in [-0.15, -0.1) is 0 Å². The van der Waals surface area contributed by atoms with E-state index in [0.717, 1.165) is 58.8 Å². The fourth-order valence-corrected chi connectivity index (χ4v) is 4.57. The number of benzene rings is 4. The fourth-order valence-electron chi connectivity index (χ4n) is 4.57. The zero-order chi connectivity index (χ0) is 22.4. The van der Waals surface area contributed by atoms with Crippen LogP contribution in [-0.2, 0) is 0 Å². The molecule has 5 nitrogen and oxygen atoms in total. The second-order valence-corrected chi connectivity index (χ2v) is 7.99. The first-order valence-electron chi connectivity index (χ1n) is 11.3. The third kappa shape index (κ3) is 3.24. The van der Waals surface area contributed by atoms with Crippen molar-refractivity contribution in [3.63, 3.8) is 0 Å². The highest BCUT2D eigenvalue weighted by Gasteiger charge is 2.25. The molecule has 2 aliphatic rings. The monoisotopic (exact) mass is 436 g/mol. The Hall–Kier alpha value is -4.12. The molecule has 2 heterocycles. The fraction of sp³-hybridized carbons (Fsp3) is 0.143. The van der Waals surface area contributed by atoms with E-state index in [1.54, 1.807) is 0 Å². The van der Waals surface area contributed by atoms with Gasteiger partial charge in [-0.1, -0.05) is 24.3 Å². The Labute approximate surface area is 193 Å². The Morgan fingerprint density at radius 2 is 0.970 bits per heavy atom. The maximum absolute atomic E-state index is 6.23. The van der Waals surface area contributed by atoms with Crippen molar-refractivity contribution in [2.24, 2.45) is 0 Å². The molecule has 2 aliphatic heterocycles. The smallest absolute Gasteiger partial charge is 0.154 e. The van der Waals surface area contributed by atoms with Crippen LogP contribution in [-0.4, -0.2) is 13.1 Å². The Kier molecular flexibility index (Phi) is 4.61. The largest absolute Gasteiger partial charge is 0.457 e. The topological polar surface area (TPSA) is 34.2 Å². The lowest BCUT2D eigenvalue weighted by Crippen LogP contribution is -2.20. The molecule has 33 heavy (non-hydrogen) atoms. The minimum atomic E-state index is 0.715. The average molecular weight is 437 g/mol. The van der Waals surface area contributed by atoms with Crippen LogP contribution in [0.25, 0.3) is 0 Å². The number of rotatable bonds is 4. The van der Waals surface area contributed by atoms with E-state index in [9.17, 15) is 0 Å². The molecule has 164 valence electrons. The second kappa shape index (κ2) is 7.78. The standard InChI is InChI=1S/C28H24N2O3/c1-3-29-21-9-5-7-11-25(21)32-27-17-19(13-15-23(27)29)31-20-14-16-24-28(18-20)33-26-12-8-6-10-22(26)30(24)4-2/h5-18H,3-4H2,1-2H3. The molecule has 0 atom stereocenters. The summed E-state index contributed by atoms with van der Waals surface area (Å²) in [6.07, 6.45) is 0. The molecule has 4 aromatic carbocycles. The number of nitrogens with zero attached hydrogens (tertiary/aromatic N) is 2. The number of hydrogen-bond acceptors (Lipinski definition) is 5.